The molecule has 1 heterocycles. The van der Waals surface area contributed by atoms with Crippen LogP contribution >= 0.6 is 0 Å². The van der Waals surface area contributed by atoms with Crippen LogP contribution in [0.5, 0.6) is 0 Å². The number of carbonyl (C=O) groups excluding carboxylic acids is 2. The van der Waals surface area contributed by atoms with Crippen molar-refractivity contribution in [2.75, 3.05) is 28.2 Å². The van der Waals surface area contributed by atoms with Gasteiger partial charge in [-0.25, -0.2) is 13.7 Å². The Hall–Kier alpha value is -4.00. The monoisotopic (exact) mass is 461 g/mol. The Morgan fingerprint density at radius 1 is 0.853 bits per heavy atom. The number of rotatable bonds is 7. The first kappa shape index (κ1) is 23.2. The van der Waals surface area contributed by atoms with Gasteiger partial charge in [-0.15, -0.1) is 0 Å². The molecule has 0 aromatic heterocycles. The first-order valence-corrected chi connectivity index (χ1v) is 11.1. The quantitative estimate of drug-likeness (QED) is 0.471. The summed E-state index contributed by atoms with van der Waals surface area (Å²) in [4.78, 5) is 29.6. The number of anilines is 3. The van der Waals surface area contributed by atoms with Gasteiger partial charge in [0, 0.05) is 30.5 Å². The first-order valence-electron chi connectivity index (χ1n) is 11.1. The van der Waals surface area contributed by atoms with E-state index in [1.165, 1.54) is 0 Å². The third kappa shape index (κ3) is 4.29. The molecular formula is C27H25F2N3O2. The molecule has 1 aliphatic heterocycles. The topological polar surface area (TPSA) is 52.7 Å². The number of nitrogens with zero attached hydrogens (tertiary/aromatic N) is 2. The average molecular weight is 462 g/mol. The SMILES string of the molecule is CCN(CC)c1ccc(NC2=C(c3ccc(C)cc3)C(=O)N(c3cc(F)ccc3F)C2=O)cc1. The minimum absolute atomic E-state index is 0.00750. The highest BCUT2D eigenvalue weighted by Crippen LogP contribution is 2.35. The molecule has 34 heavy (non-hydrogen) atoms. The van der Waals surface area contributed by atoms with E-state index in [2.05, 4.69) is 24.1 Å². The molecule has 0 saturated heterocycles. The molecule has 7 heteroatoms. The molecule has 4 rings (SSSR count). The average Bonchev–Trinajstić information content (AvgIpc) is 3.07. The van der Waals surface area contributed by atoms with Crippen LogP contribution in [0.15, 0.2) is 72.4 Å². The van der Waals surface area contributed by atoms with Gasteiger partial charge < -0.3 is 10.2 Å². The zero-order valence-corrected chi connectivity index (χ0v) is 19.2. The highest BCUT2D eigenvalue weighted by molar-refractivity contribution is 6.46. The lowest BCUT2D eigenvalue weighted by molar-refractivity contribution is -0.120. The number of hydrogen-bond acceptors (Lipinski definition) is 4. The van der Waals surface area contributed by atoms with Crippen molar-refractivity contribution in [2.45, 2.75) is 20.8 Å². The Kier molecular flexibility index (Phi) is 6.45. The molecule has 0 unspecified atom stereocenters. The lowest BCUT2D eigenvalue weighted by atomic mass is 10.0. The van der Waals surface area contributed by atoms with E-state index in [9.17, 15) is 18.4 Å². The summed E-state index contributed by atoms with van der Waals surface area (Å²) in [6.07, 6.45) is 0. The zero-order chi connectivity index (χ0) is 24.4. The molecule has 3 aromatic rings. The van der Waals surface area contributed by atoms with Crippen LogP contribution in [0.2, 0.25) is 0 Å². The number of halogens is 2. The molecule has 0 radical (unpaired) electrons. The van der Waals surface area contributed by atoms with Crippen molar-refractivity contribution >= 4 is 34.4 Å². The summed E-state index contributed by atoms with van der Waals surface area (Å²) in [5.74, 6) is -3.09. The normalized spacial score (nSPS) is 13.6. The number of carbonyl (C=O) groups is 2. The fraction of sp³-hybridized carbons (Fsp3) is 0.185. The molecular weight excluding hydrogens is 436 g/mol. The minimum atomic E-state index is -0.865. The fourth-order valence-corrected chi connectivity index (χ4v) is 4.00. The number of hydrogen-bond donors (Lipinski definition) is 1. The van der Waals surface area contributed by atoms with Crippen molar-refractivity contribution in [3.8, 4) is 0 Å². The summed E-state index contributed by atoms with van der Waals surface area (Å²) in [7, 11) is 0. The third-order valence-corrected chi connectivity index (χ3v) is 5.84. The molecule has 0 spiro atoms. The van der Waals surface area contributed by atoms with Crippen LogP contribution in [0.1, 0.15) is 25.0 Å². The van der Waals surface area contributed by atoms with E-state index in [1.54, 1.807) is 12.1 Å². The maximum atomic E-state index is 14.5. The van der Waals surface area contributed by atoms with Crippen LogP contribution in [-0.2, 0) is 9.59 Å². The molecule has 1 N–H and O–H groups in total. The van der Waals surface area contributed by atoms with Gasteiger partial charge in [-0.1, -0.05) is 29.8 Å². The van der Waals surface area contributed by atoms with Crippen molar-refractivity contribution in [1.82, 2.24) is 0 Å². The molecule has 0 fully saturated rings. The van der Waals surface area contributed by atoms with E-state index < -0.39 is 29.1 Å². The van der Waals surface area contributed by atoms with E-state index in [0.717, 1.165) is 42.5 Å². The van der Waals surface area contributed by atoms with Gasteiger partial charge in [-0.3, -0.25) is 9.59 Å². The number of amides is 2. The van der Waals surface area contributed by atoms with Crippen molar-refractivity contribution in [3.05, 3.63) is 95.2 Å². The lowest BCUT2D eigenvalue weighted by Gasteiger charge is -2.21. The van der Waals surface area contributed by atoms with Crippen molar-refractivity contribution in [1.29, 1.82) is 0 Å². The fourth-order valence-electron chi connectivity index (χ4n) is 4.00. The second kappa shape index (κ2) is 9.47. The summed E-state index contributed by atoms with van der Waals surface area (Å²) < 4.78 is 28.4. The van der Waals surface area contributed by atoms with Crippen molar-refractivity contribution in [2.24, 2.45) is 0 Å². The molecule has 0 aliphatic carbocycles. The second-order valence-electron chi connectivity index (χ2n) is 8.00. The molecule has 0 bridgehead atoms. The molecule has 0 saturated carbocycles. The molecule has 5 nitrogen and oxygen atoms in total. The smallest absolute Gasteiger partial charge is 0.282 e. The highest BCUT2D eigenvalue weighted by atomic mass is 19.1. The van der Waals surface area contributed by atoms with Crippen LogP contribution in [-0.4, -0.2) is 24.9 Å². The maximum absolute atomic E-state index is 14.5. The van der Waals surface area contributed by atoms with Gasteiger partial charge in [0.15, 0.2) is 0 Å². The Morgan fingerprint density at radius 3 is 2.12 bits per heavy atom. The standard InChI is InChI=1S/C27H25F2N3O2/c1-4-31(5-2)21-13-11-20(12-14-21)30-25-24(18-8-6-17(3)7-9-18)26(33)32(27(25)34)23-16-19(28)10-15-22(23)29/h6-16,30H,4-5H2,1-3H3. The summed E-state index contributed by atoms with van der Waals surface area (Å²) >= 11 is 0. The lowest BCUT2D eigenvalue weighted by Crippen LogP contribution is -2.33. The van der Waals surface area contributed by atoms with E-state index in [4.69, 9.17) is 0 Å². The van der Waals surface area contributed by atoms with Crippen LogP contribution in [0.3, 0.4) is 0 Å². The Balaban J connectivity index is 1.77. The molecule has 2 amide bonds. The van der Waals surface area contributed by atoms with Crippen LogP contribution in [0.4, 0.5) is 25.8 Å². The molecule has 174 valence electrons. The van der Waals surface area contributed by atoms with Crippen LogP contribution < -0.4 is 15.1 Å². The first-order chi connectivity index (χ1) is 16.3. The van der Waals surface area contributed by atoms with E-state index in [0.29, 0.717) is 16.2 Å². The molecule has 0 atom stereocenters. The second-order valence-corrected chi connectivity index (χ2v) is 8.00. The number of aryl methyl sites for hydroxylation is 1. The number of nitrogens with one attached hydrogen (secondary N) is 1. The third-order valence-electron chi connectivity index (χ3n) is 5.84. The minimum Gasteiger partial charge on any atom is -0.372 e. The van der Waals surface area contributed by atoms with Gasteiger partial charge in [0.05, 0.1) is 11.3 Å². The number of benzene rings is 3. The Morgan fingerprint density at radius 2 is 1.50 bits per heavy atom. The van der Waals surface area contributed by atoms with Crippen LogP contribution in [0, 0.1) is 18.6 Å². The largest absolute Gasteiger partial charge is 0.372 e. The van der Waals surface area contributed by atoms with E-state index in [-0.39, 0.29) is 11.3 Å². The van der Waals surface area contributed by atoms with Gasteiger partial charge in [-0.2, -0.15) is 0 Å². The highest BCUT2D eigenvalue weighted by Gasteiger charge is 2.41. The zero-order valence-electron chi connectivity index (χ0n) is 19.2. The Bertz CT molecular complexity index is 1260. The summed E-state index contributed by atoms with van der Waals surface area (Å²) in [5, 5.41) is 3.05. The molecule has 1 aliphatic rings. The predicted molar refractivity (Wildman–Crippen MR) is 131 cm³/mol. The summed E-state index contributed by atoms with van der Waals surface area (Å²) in [6.45, 7) is 7.75. The van der Waals surface area contributed by atoms with Gasteiger partial charge in [0.2, 0.25) is 0 Å². The van der Waals surface area contributed by atoms with E-state index in [1.807, 2.05) is 43.3 Å². The number of imide groups is 1. The predicted octanol–water partition coefficient (Wildman–Crippen LogP) is 5.52. The summed E-state index contributed by atoms with van der Waals surface area (Å²) in [5.41, 5.74) is 2.79. The van der Waals surface area contributed by atoms with Crippen molar-refractivity contribution < 1.29 is 18.4 Å². The van der Waals surface area contributed by atoms with Crippen LogP contribution in [0.25, 0.3) is 5.57 Å². The van der Waals surface area contributed by atoms with Gasteiger partial charge >= 0.3 is 0 Å². The van der Waals surface area contributed by atoms with Gasteiger partial charge in [-0.05, 0) is 62.7 Å². The van der Waals surface area contributed by atoms with E-state index >= 15 is 0 Å². The maximum Gasteiger partial charge on any atom is 0.282 e. The van der Waals surface area contributed by atoms with Gasteiger partial charge in [0.1, 0.15) is 17.3 Å². The van der Waals surface area contributed by atoms with Gasteiger partial charge in [0.25, 0.3) is 11.8 Å². The Labute approximate surface area is 197 Å². The summed E-state index contributed by atoms with van der Waals surface area (Å²) in [6, 6.07) is 17.3. The molecule has 3 aromatic carbocycles. The van der Waals surface area contributed by atoms with Crippen molar-refractivity contribution in [3.63, 3.8) is 0 Å².